The Kier molecular flexibility index (Phi) is 5.10. The minimum absolute atomic E-state index is 0.0673. The minimum Gasteiger partial charge on any atom is -0.465 e. The van der Waals surface area contributed by atoms with Gasteiger partial charge < -0.3 is 15.8 Å². The lowest BCUT2D eigenvalue weighted by Gasteiger charge is -2.01. The summed E-state index contributed by atoms with van der Waals surface area (Å²) in [6.45, 7) is 2.11. The van der Waals surface area contributed by atoms with Crippen LogP contribution in [0.5, 0.6) is 0 Å². The minimum atomic E-state index is -0.422. The average molecular weight is 161 g/mol. The van der Waals surface area contributed by atoms with Crippen molar-refractivity contribution in [1.82, 2.24) is 5.32 Å². The van der Waals surface area contributed by atoms with E-state index in [1.807, 2.05) is 0 Å². The maximum absolute atomic E-state index is 10.6. The van der Waals surface area contributed by atoms with Gasteiger partial charge in [0.2, 0.25) is 0 Å². The zero-order chi connectivity index (χ0) is 8.69. The van der Waals surface area contributed by atoms with Crippen LogP contribution in [0.15, 0.2) is 0 Å². The standard InChI is InChI=1S/C6H12N2O3/c1-2-11-6(10)4-8-5(9)3-7/h2-4,7H2,1H3,(H,8,9)/p+1. The molecule has 0 aliphatic heterocycles. The number of nitrogens with one attached hydrogen (secondary N) is 1. The fraction of sp³-hybridized carbons (Fsp3) is 0.667. The van der Waals surface area contributed by atoms with E-state index in [2.05, 4.69) is 15.8 Å². The predicted octanol–water partition coefficient (Wildman–Crippen LogP) is -2.09. The van der Waals surface area contributed by atoms with Gasteiger partial charge in [-0.2, -0.15) is 0 Å². The maximum Gasteiger partial charge on any atom is 0.325 e. The number of hydrogen-bond acceptors (Lipinski definition) is 3. The van der Waals surface area contributed by atoms with Crippen molar-refractivity contribution >= 4 is 11.9 Å². The number of quaternary nitrogens is 1. The normalized spacial score (nSPS) is 8.91. The molecule has 0 aromatic heterocycles. The van der Waals surface area contributed by atoms with Gasteiger partial charge in [0.25, 0.3) is 5.91 Å². The van der Waals surface area contributed by atoms with Crippen LogP contribution < -0.4 is 11.1 Å². The highest BCUT2D eigenvalue weighted by Gasteiger charge is 2.03. The van der Waals surface area contributed by atoms with Crippen LogP contribution in [0.3, 0.4) is 0 Å². The maximum atomic E-state index is 10.6. The Morgan fingerprint density at radius 3 is 2.64 bits per heavy atom. The molecular weight excluding hydrogens is 148 g/mol. The molecule has 64 valence electrons. The molecule has 0 spiro atoms. The molecule has 0 saturated carbocycles. The fourth-order valence-electron chi connectivity index (χ4n) is 0.471. The van der Waals surface area contributed by atoms with E-state index in [1.54, 1.807) is 6.92 Å². The van der Waals surface area contributed by atoms with Gasteiger partial charge in [-0.05, 0) is 6.92 Å². The second-order valence-electron chi connectivity index (χ2n) is 1.83. The molecule has 11 heavy (non-hydrogen) atoms. The molecule has 0 fully saturated rings. The zero-order valence-electron chi connectivity index (χ0n) is 6.55. The van der Waals surface area contributed by atoms with E-state index in [1.165, 1.54) is 0 Å². The van der Waals surface area contributed by atoms with Crippen molar-refractivity contribution in [3.05, 3.63) is 0 Å². The molecule has 0 atom stereocenters. The van der Waals surface area contributed by atoms with Crippen molar-refractivity contribution in [1.29, 1.82) is 0 Å². The number of ether oxygens (including phenoxy) is 1. The molecule has 0 aliphatic rings. The van der Waals surface area contributed by atoms with Crippen molar-refractivity contribution in [2.24, 2.45) is 0 Å². The van der Waals surface area contributed by atoms with Gasteiger partial charge >= 0.3 is 5.97 Å². The zero-order valence-corrected chi connectivity index (χ0v) is 6.55. The first-order valence-electron chi connectivity index (χ1n) is 3.42. The number of carbonyl (C=O) groups excluding carboxylic acids is 2. The fourth-order valence-corrected chi connectivity index (χ4v) is 0.471. The van der Waals surface area contributed by atoms with Crippen LogP contribution in [0.4, 0.5) is 0 Å². The van der Waals surface area contributed by atoms with Crippen LogP contribution in [0, 0.1) is 0 Å². The van der Waals surface area contributed by atoms with Crippen LogP contribution in [0.1, 0.15) is 6.92 Å². The van der Waals surface area contributed by atoms with Gasteiger partial charge in [-0.3, -0.25) is 9.59 Å². The summed E-state index contributed by atoms with van der Waals surface area (Å²) in [6.07, 6.45) is 0. The molecule has 0 saturated heterocycles. The first-order chi connectivity index (χ1) is 5.20. The van der Waals surface area contributed by atoms with Gasteiger partial charge in [-0.15, -0.1) is 0 Å². The van der Waals surface area contributed by atoms with E-state index in [-0.39, 0.29) is 19.0 Å². The van der Waals surface area contributed by atoms with Gasteiger partial charge in [-0.25, -0.2) is 0 Å². The summed E-state index contributed by atoms with van der Waals surface area (Å²) in [4.78, 5) is 21.1. The Balaban J connectivity index is 3.38. The third-order valence-corrected chi connectivity index (χ3v) is 0.962. The SMILES string of the molecule is CCOC(=O)CNC(=O)C[NH3+]. The largest absolute Gasteiger partial charge is 0.465 e. The highest BCUT2D eigenvalue weighted by Crippen LogP contribution is 1.74. The average Bonchev–Trinajstić information content (AvgIpc) is 2.01. The molecule has 0 aromatic carbocycles. The predicted molar refractivity (Wildman–Crippen MR) is 37.4 cm³/mol. The molecule has 1 amide bonds. The lowest BCUT2D eigenvalue weighted by molar-refractivity contribution is -0.355. The van der Waals surface area contributed by atoms with Crippen molar-refractivity contribution in [2.45, 2.75) is 6.92 Å². The summed E-state index contributed by atoms with van der Waals surface area (Å²) >= 11 is 0. The molecule has 0 rings (SSSR count). The molecule has 0 radical (unpaired) electrons. The first-order valence-corrected chi connectivity index (χ1v) is 3.42. The summed E-state index contributed by atoms with van der Waals surface area (Å²) in [6, 6.07) is 0. The summed E-state index contributed by atoms with van der Waals surface area (Å²) < 4.78 is 4.56. The van der Waals surface area contributed by atoms with Crippen LogP contribution in [0.2, 0.25) is 0 Å². The van der Waals surface area contributed by atoms with E-state index in [4.69, 9.17) is 0 Å². The summed E-state index contributed by atoms with van der Waals surface area (Å²) in [5, 5.41) is 2.34. The number of esters is 1. The van der Waals surface area contributed by atoms with Crippen molar-refractivity contribution in [3.8, 4) is 0 Å². The highest BCUT2D eigenvalue weighted by atomic mass is 16.5. The van der Waals surface area contributed by atoms with Crippen LogP contribution in [-0.4, -0.2) is 31.6 Å². The van der Waals surface area contributed by atoms with Gasteiger partial charge in [0, 0.05) is 0 Å². The van der Waals surface area contributed by atoms with E-state index >= 15 is 0 Å². The topological polar surface area (TPSA) is 83.0 Å². The van der Waals surface area contributed by atoms with Gasteiger partial charge in [-0.1, -0.05) is 0 Å². The summed E-state index contributed by atoms with van der Waals surface area (Å²) in [7, 11) is 0. The van der Waals surface area contributed by atoms with E-state index in [0.29, 0.717) is 6.61 Å². The molecule has 0 heterocycles. The Labute approximate surface area is 64.9 Å². The van der Waals surface area contributed by atoms with Crippen molar-refractivity contribution < 1.29 is 20.1 Å². The Morgan fingerprint density at radius 1 is 1.55 bits per heavy atom. The quantitative estimate of drug-likeness (QED) is 0.464. The molecule has 5 heteroatoms. The van der Waals surface area contributed by atoms with Gasteiger partial charge in [0.15, 0.2) is 6.54 Å². The number of rotatable bonds is 4. The van der Waals surface area contributed by atoms with Gasteiger partial charge in [0.1, 0.15) is 6.54 Å². The molecule has 0 aliphatic carbocycles. The van der Waals surface area contributed by atoms with Gasteiger partial charge in [0.05, 0.1) is 6.61 Å². The Morgan fingerprint density at radius 2 is 2.18 bits per heavy atom. The van der Waals surface area contributed by atoms with Crippen LogP contribution in [0.25, 0.3) is 0 Å². The lowest BCUT2D eigenvalue weighted by atomic mass is 10.5. The Bertz CT molecular complexity index is 147. The van der Waals surface area contributed by atoms with E-state index in [9.17, 15) is 9.59 Å². The monoisotopic (exact) mass is 161 g/mol. The second-order valence-corrected chi connectivity index (χ2v) is 1.83. The molecule has 0 bridgehead atoms. The van der Waals surface area contributed by atoms with Crippen LogP contribution >= 0.6 is 0 Å². The molecule has 4 N–H and O–H groups in total. The molecule has 0 unspecified atom stereocenters. The number of hydrogen-bond donors (Lipinski definition) is 2. The Hall–Kier alpha value is -1.10. The van der Waals surface area contributed by atoms with E-state index < -0.39 is 5.97 Å². The third kappa shape index (κ3) is 5.35. The lowest BCUT2D eigenvalue weighted by Crippen LogP contribution is -2.57. The third-order valence-electron chi connectivity index (χ3n) is 0.962. The van der Waals surface area contributed by atoms with E-state index in [0.717, 1.165) is 0 Å². The number of carbonyl (C=O) groups is 2. The van der Waals surface area contributed by atoms with Crippen molar-refractivity contribution in [3.63, 3.8) is 0 Å². The smallest absolute Gasteiger partial charge is 0.325 e. The first kappa shape index (κ1) is 9.90. The second kappa shape index (κ2) is 5.67. The van der Waals surface area contributed by atoms with Crippen molar-refractivity contribution in [2.75, 3.05) is 19.7 Å². The summed E-state index contributed by atoms with van der Waals surface area (Å²) in [5.41, 5.74) is 3.35. The van der Waals surface area contributed by atoms with Crippen LogP contribution in [-0.2, 0) is 14.3 Å². The highest BCUT2D eigenvalue weighted by molar-refractivity contribution is 5.82. The molecule has 0 aromatic rings. The number of amides is 1. The summed E-state index contributed by atoms with van der Waals surface area (Å²) in [5.74, 6) is -0.674. The molecule has 5 nitrogen and oxygen atoms in total. The molecular formula is C6H13N2O3+.